The first-order valence-corrected chi connectivity index (χ1v) is 12.7. The van der Waals surface area contributed by atoms with Crippen molar-refractivity contribution in [3.8, 4) is 11.3 Å². The number of rotatable bonds is 6. The number of benzene rings is 1. The lowest BCUT2D eigenvalue weighted by Crippen LogP contribution is -2.46. The number of carbonyl (C=O) groups excluding carboxylic acids is 2. The third-order valence-corrected chi connectivity index (χ3v) is 6.61. The zero-order valence-corrected chi connectivity index (χ0v) is 21.7. The standard InChI is InChI=1S/C26H33N5O3S/c1-16-13-31(14-17(2)34-16)21-8-6-7-19(23(21)26(3,4)5)20-15-35-25(29-20)30-22(32)12-28-24(33)18-9-10-27-11-18/h6-11,15-17,27H,12-14H2,1-5H3,(H,28,33)(H,29,30,32)/t16-,17+. The summed E-state index contributed by atoms with van der Waals surface area (Å²) in [5, 5.41) is 7.88. The lowest BCUT2D eigenvalue weighted by Gasteiger charge is -2.40. The number of thiazole rings is 1. The zero-order chi connectivity index (χ0) is 25.2. The number of anilines is 2. The Bertz CT molecular complexity index is 1170. The van der Waals surface area contributed by atoms with Crippen LogP contribution in [0.3, 0.4) is 0 Å². The van der Waals surface area contributed by atoms with Gasteiger partial charge in [-0.1, -0.05) is 32.9 Å². The molecule has 8 nitrogen and oxygen atoms in total. The van der Waals surface area contributed by atoms with Crippen molar-refractivity contribution >= 4 is 34.0 Å². The van der Waals surface area contributed by atoms with Crippen molar-refractivity contribution in [2.75, 3.05) is 29.9 Å². The van der Waals surface area contributed by atoms with E-state index in [1.54, 1.807) is 18.5 Å². The van der Waals surface area contributed by atoms with Gasteiger partial charge in [0, 0.05) is 42.1 Å². The van der Waals surface area contributed by atoms with Gasteiger partial charge in [-0.2, -0.15) is 0 Å². The zero-order valence-electron chi connectivity index (χ0n) is 20.8. The van der Waals surface area contributed by atoms with Crippen molar-refractivity contribution in [2.45, 2.75) is 52.2 Å². The molecule has 2 atom stereocenters. The average molecular weight is 496 g/mol. The highest BCUT2D eigenvalue weighted by atomic mass is 32.1. The van der Waals surface area contributed by atoms with Crippen molar-refractivity contribution in [3.63, 3.8) is 0 Å². The average Bonchev–Trinajstić information content (AvgIpc) is 3.48. The summed E-state index contributed by atoms with van der Waals surface area (Å²) < 4.78 is 5.95. The Hall–Kier alpha value is -3.17. The minimum atomic E-state index is -0.323. The summed E-state index contributed by atoms with van der Waals surface area (Å²) in [5.41, 5.74) is 4.66. The maximum Gasteiger partial charge on any atom is 0.253 e. The Kier molecular flexibility index (Phi) is 7.28. The van der Waals surface area contributed by atoms with E-state index in [9.17, 15) is 9.59 Å². The molecule has 0 radical (unpaired) electrons. The van der Waals surface area contributed by atoms with Gasteiger partial charge in [-0.05, 0) is 37.0 Å². The van der Waals surface area contributed by atoms with Crippen LogP contribution in [0.2, 0.25) is 0 Å². The largest absolute Gasteiger partial charge is 0.372 e. The minimum absolute atomic E-state index is 0.119. The van der Waals surface area contributed by atoms with Gasteiger partial charge >= 0.3 is 0 Å². The fourth-order valence-electron chi connectivity index (χ4n) is 4.53. The fourth-order valence-corrected chi connectivity index (χ4v) is 5.25. The number of hydrogen-bond acceptors (Lipinski definition) is 6. The number of morpholine rings is 1. The molecule has 9 heteroatoms. The van der Waals surface area contributed by atoms with Gasteiger partial charge in [0.15, 0.2) is 5.13 Å². The molecule has 2 amide bonds. The van der Waals surface area contributed by atoms with E-state index in [1.165, 1.54) is 22.6 Å². The SMILES string of the molecule is C[C@@H]1CN(c2cccc(-c3csc(NC(=O)CNC(=O)c4cc[nH]c4)n3)c2C(C)(C)C)C[C@H](C)O1. The number of nitrogens with zero attached hydrogens (tertiary/aromatic N) is 2. The fraction of sp³-hybridized carbons (Fsp3) is 0.423. The first-order chi connectivity index (χ1) is 16.6. The molecule has 3 N–H and O–H groups in total. The van der Waals surface area contributed by atoms with Crippen LogP contribution in [0.15, 0.2) is 42.0 Å². The Morgan fingerprint density at radius 2 is 1.94 bits per heavy atom. The lowest BCUT2D eigenvalue weighted by atomic mass is 9.81. The first-order valence-electron chi connectivity index (χ1n) is 11.8. The van der Waals surface area contributed by atoms with Gasteiger partial charge in [-0.3, -0.25) is 9.59 Å². The summed E-state index contributed by atoms with van der Waals surface area (Å²) in [6.45, 7) is 12.4. The Morgan fingerprint density at radius 3 is 2.60 bits per heavy atom. The maximum atomic E-state index is 12.4. The van der Waals surface area contributed by atoms with Gasteiger partial charge in [0.05, 0.1) is 30.0 Å². The van der Waals surface area contributed by atoms with Gasteiger partial charge in [0.2, 0.25) is 5.91 Å². The van der Waals surface area contributed by atoms with Crippen LogP contribution in [0.1, 0.15) is 50.5 Å². The van der Waals surface area contributed by atoms with Crippen LogP contribution in [0, 0.1) is 0 Å². The van der Waals surface area contributed by atoms with E-state index in [0.29, 0.717) is 10.7 Å². The van der Waals surface area contributed by atoms with Gasteiger partial charge in [0.25, 0.3) is 5.91 Å². The van der Waals surface area contributed by atoms with Crippen LogP contribution >= 0.6 is 11.3 Å². The van der Waals surface area contributed by atoms with Crippen LogP contribution in [0.25, 0.3) is 11.3 Å². The quantitative estimate of drug-likeness (QED) is 0.470. The second kappa shape index (κ2) is 10.2. The van der Waals surface area contributed by atoms with Crippen molar-refractivity contribution in [3.05, 3.63) is 53.2 Å². The van der Waals surface area contributed by atoms with Crippen LogP contribution < -0.4 is 15.5 Å². The summed E-state index contributed by atoms with van der Waals surface area (Å²) in [5.74, 6) is -0.629. The van der Waals surface area contributed by atoms with Gasteiger partial charge in [-0.15, -0.1) is 11.3 Å². The molecule has 0 aliphatic carbocycles. The molecular formula is C26H33N5O3S. The summed E-state index contributed by atoms with van der Waals surface area (Å²) in [6.07, 6.45) is 3.57. The summed E-state index contributed by atoms with van der Waals surface area (Å²) in [4.78, 5) is 34.4. The van der Waals surface area contributed by atoms with E-state index in [-0.39, 0.29) is 36.0 Å². The van der Waals surface area contributed by atoms with E-state index >= 15 is 0 Å². The normalized spacial score (nSPS) is 18.4. The molecule has 186 valence electrons. The number of aromatic nitrogens is 2. The van der Waals surface area contributed by atoms with Crippen molar-refractivity contribution in [1.29, 1.82) is 0 Å². The van der Waals surface area contributed by atoms with Gasteiger partial charge < -0.3 is 25.3 Å². The summed E-state index contributed by atoms with van der Waals surface area (Å²) >= 11 is 1.37. The highest BCUT2D eigenvalue weighted by molar-refractivity contribution is 7.14. The number of hydrogen-bond donors (Lipinski definition) is 3. The first kappa shape index (κ1) is 24.9. The molecular weight excluding hydrogens is 462 g/mol. The number of ether oxygens (including phenoxy) is 1. The van der Waals surface area contributed by atoms with Crippen molar-refractivity contribution in [2.24, 2.45) is 0 Å². The van der Waals surface area contributed by atoms with E-state index in [0.717, 1.165) is 24.3 Å². The van der Waals surface area contributed by atoms with Crippen molar-refractivity contribution in [1.82, 2.24) is 15.3 Å². The molecule has 1 aliphatic heterocycles. The molecule has 3 aromatic rings. The number of amides is 2. The van der Waals surface area contributed by atoms with E-state index in [4.69, 9.17) is 9.72 Å². The number of aromatic amines is 1. The molecule has 1 saturated heterocycles. The second-order valence-electron chi connectivity index (χ2n) is 9.98. The van der Waals surface area contributed by atoms with E-state index in [2.05, 4.69) is 73.3 Å². The highest BCUT2D eigenvalue weighted by Gasteiger charge is 2.30. The molecule has 35 heavy (non-hydrogen) atoms. The van der Waals surface area contributed by atoms with Crippen LogP contribution in [-0.2, 0) is 14.9 Å². The molecule has 2 aromatic heterocycles. The third kappa shape index (κ3) is 5.91. The number of carbonyl (C=O) groups is 2. The van der Waals surface area contributed by atoms with Crippen molar-refractivity contribution < 1.29 is 14.3 Å². The van der Waals surface area contributed by atoms with Gasteiger partial charge in [-0.25, -0.2) is 4.98 Å². The topological polar surface area (TPSA) is 99.4 Å². The maximum absolute atomic E-state index is 12.4. The highest BCUT2D eigenvalue weighted by Crippen LogP contribution is 2.41. The summed E-state index contributed by atoms with van der Waals surface area (Å²) in [6, 6.07) is 7.99. The number of H-pyrrole nitrogens is 1. The predicted molar refractivity (Wildman–Crippen MR) is 140 cm³/mol. The second-order valence-corrected chi connectivity index (χ2v) is 10.8. The Labute approximate surface area is 210 Å². The van der Waals surface area contributed by atoms with Crippen LogP contribution in [0.4, 0.5) is 10.8 Å². The summed E-state index contributed by atoms with van der Waals surface area (Å²) in [7, 11) is 0. The predicted octanol–water partition coefficient (Wildman–Crippen LogP) is 4.42. The molecule has 4 rings (SSSR count). The Morgan fingerprint density at radius 1 is 1.20 bits per heavy atom. The smallest absolute Gasteiger partial charge is 0.253 e. The van der Waals surface area contributed by atoms with Crippen LogP contribution in [0.5, 0.6) is 0 Å². The molecule has 0 unspecified atom stereocenters. The van der Waals surface area contributed by atoms with Crippen LogP contribution in [-0.4, -0.2) is 53.6 Å². The molecule has 0 spiro atoms. The number of nitrogens with one attached hydrogen (secondary N) is 3. The van der Waals surface area contributed by atoms with E-state index < -0.39 is 0 Å². The minimum Gasteiger partial charge on any atom is -0.372 e. The molecule has 1 aliphatic rings. The molecule has 0 bridgehead atoms. The molecule has 0 saturated carbocycles. The monoisotopic (exact) mass is 495 g/mol. The Balaban J connectivity index is 1.53. The lowest BCUT2D eigenvalue weighted by molar-refractivity contribution is -0.115. The molecule has 1 fully saturated rings. The van der Waals surface area contributed by atoms with E-state index in [1.807, 2.05) is 5.38 Å². The third-order valence-electron chi connectivity index (χ3n) is 5.85. The van der Waals surface area contributed by atoms with Gasteiger partial charge in [0.1, 0.15) is 0 Å². The molecule has 3 heterocycles. The molecule has 1 aromatic carbocycles.